The molecule has 0 aliphatic heterocycles. The van der Waals surface area contributed by atoms with Gasteiger partial charge in [-0.2, -0.15) is 4.98 Å². The van der Waals surface area contributed by atoms with Crippen molar-refractivity contribution < 1.29 is 4.74 Å². The Morgan fingerprint density at radius 3 is 2.58 bits per heavy atom. The molecule has 1 aromatic heterocycles. The average Bonchev–Trinajstić information content (AvgIpc) is 2.47. The molecule has 100 valence electrons. The second-order valence-electron chi connectivity index (χ2n) is 4.15. The number of hydrogen-bond donors (Lipinski definition) is 1. The minimum Gasteiger partial charge on any atom is -0.423 e. The molecule has 0 bridgehead atoms. The van der Waals surface area contributed by atoms with E-state index in [4.69, 9.17) is 10.5 Å². The minimum absolute atomic E-state index is 0.281. The largest absolute Gasteiger partial charge is 0.423 e. The number of aryl methyl sites for hydroxylation is 2. The molecule has 5 heteroatoms. The summed E-state index contributed by atoms with van der Waals surface area (Å²) in [5, 5.41) is 8.14. The van der Waals surface area contributed by atoms with E-state index in [1.165, 1.54) is 0 Å². The Morgan fingerprint density at radius 2 is 1.89 bits per heavy atom. The Labute approximate surface area is 112 Å². The van der Waals surface area contributed by atoms with Gasteiger partial charge in [-0.1, -0.05) is 31.1 Å². The highest BCUT2D eigenvalue weighted by Gasteiger charge is 2.08. The zero-order valence-electron chi connectivity index (χ0n) is 11.3. The molecule has 0 saturated heterocycles. The van der Waals surface area contributed by atoms with Crippen LogP contribution < -0.4 is 10.5 Å². The van der Waals surface area contributed by atoms with Gasteiger partial charge < -0.3 is 10.5 Å². The van der Waals surface area contributed by atoms with Gasteiger partial charge in [-0.25, -0.2) is 0 Å². The number of nitrogens with zero attached hydrogens (tertiary/aromatic N) is 3. The lowest BCUT2D eigenvalue weighted by Crippen LogP contribution is -2.04. The fourth-order valence-electron chi connectivity index (χ4n) is 1.81. The van der Waals surface area contributed by atoms with Crippen LogP contribution in [0.5, 0.6) is 11.8 Å². The average molecular weight is 258 g/mol. The van der Waals surface area contributed by atoms with Crippen LogP contribution in [0.4, 0.5) is 0 Å². The number of rotatable bonds is 5. The van der Waals surface area contributed by atoms with Crippen molar-refractivity contribution in [2.45, 2.75) is 33.2 Å². The van der Waals surface area contributed by atoms with Gasteiger partial charge in [-0.3, -0.25) is 0 Å². The van der Waals surface area contributed by atoms with Gasteiger partial charge in [-0.05, 0) is 30.5 Å². The molecule has 0 aliphatic rings. The molecule has 0 saturated carbocycles. The Morgan fingerprint density at radius 1 is 1.11 bits per heavy atom. The molecule has 0 amide bonds. The number of ether oxygens (including phenoxy) is 1. The SMILES string of the molecule is CCc1nnc(Oc2cccc(CN)c2)nc1CC. The lowest BCUT2D eigenvalue weighted by molar-refractivity contribution is 0.428. The first-order valence-electron chi connectivity index (χ1n) is 6.46. The van der Waals surface area contributed by atoms with Gasteiger partial charge in [0.25, 0.3) is 0 Å². The summed E-state index contributed by atoms with van der Waals surface area (Å²) >= 11 is 0. The number of nitrogens with two attached hydrogens (primary N) is 1. The van der Waals surface area contributed by atoms with E-state index in [0.29, 0.717) is 12.3 Å². The van der Waals surface area contributed by atoms with Crippen LogP contribution in [0.1, 0.15) is 30.8 Å². The maximum absolute atomic E-state index is 5.62. The van der Waals surface area contributed by atoms with Crippen molar-refractivity contribution in [3.8, 4) is 11.8 Å². The third-order valence-electron chi connectivity index (χ3n) is 2.83. The predicted molar refractivity (Wildman–Crippen MR) is 73.0 cm³/mol. The maximum atomic E-state index is 5.62. The minimum atomic E-state index is 0.281. The summed E-state index contributed by atoms with van der Waals surface area (Å²) in [6.45, 7) is 4.56. The molecule has 1 aromatic carbocycles. The number of benzene rings is 1. The van der Waals surface area contributed by atoms with Crippen molar-refractivity contribution in [1.82, 2.24) is 15.2 Å². The smallest absolute Gasteiger partial charge is 0.341 e. The molecule has 0 unspecified atom stereocenters. The van der Waals surface area contributed by atoms with Gasteiger partial charge in [0, 0.05) is 6.54 Å². The predicted octanol–water partition coefficient (Wildman–Crippen LogP) is 2.25. The fraction of sp³-hybridized carbons (Fsp3) is 0.357. The molecule has 5 nitrogen and oxygen atoms in total. The lowest BCUT2D eigenvalue weighted by Gasteiger charge is -2.07. The summed E-state index contributed by atoms with van der Waals surface area (Å²) in [5.74, 6) is 0.677. The van der Waals surface area contributed by atoms with Crippen LogP contribution in [-0.4, -0.2) is 15.2 Å². The van der Waals surface area contributed by atoms with E-state index < -0.39 is 0 Å². The first kappa shape index (κ1) is 13.4. The van der Waals surface area contributed by atoms with Crippen LogP contribution in [0.25, 0.3) is 0 Å². The van der Waals surface area contributed by atoms with Crippen LogP contribution in [-0.2, 0) is 19.4 Å². The highest BCUT2D eigenvalue weighted by atomic mass is 16.5. The van der Waals surface area contributed by atoms with E-state index in [-0.39, 0.29) is 6.01 Å². The zero-order chi connectivity index (χ0) is 13.7. The molecule has 0 spiro atoms. The molecule has 1 heterocycles. The van der Waals surface area contributed by atoms with Crippen molar-refractivity contribution >= 4 is 0 Å². The topological polar surface area (TPSA) is 73.9 Å². The Hall–Kier alpha value is -2.01. The highest BCUT2D eigenvalue weighted by molar-refractivity contribution is 5.30. The summed E-state index contributed by atoms with van der Waals surface area (Å²) in [4.78, 5) is 4.39. The second-order valence-corrected chi connectivity index (χ2v) is 4.15. The molecule has 2 N–H and O–H groups in total. The third kappa shape index (κ3) is 3.26. The molecular weight excluding hydrogens is 240 g/mol. The Bertz CT molecular complexity index is 557. The van der Waals surface area contributed by atoms with Crippen LogP contribution >= 0.6 is 0 Å². The Balaban J connectivity index is 2.22. The molecule has 0 radical (unpaired) electrons. The quantitative estimate of drug-likeness (QED) is 0.890. The van der Waals surface area contributed by atoms with E-state index >= 15 is 0 Å². The van der Waals surface area contributed by atoms with Crippen molar-refractivity contribution in [2.24, 2.45) is 5.73 Å². The van der Waals surface area contributed by atoms with Crippen LogP contribution in [0, 0.1) is 0 Å². The summed E-state index contributed by atoms with van der Waals surface area (Å²) in [6.07, 6.45) is 1.64. The molecule has 0 aliphatic carbocycles. The summed E-state index contributed by atoms with van der Waals surface area (Å²) < 4.78 is 5.62. The summed E-state index contributed by atoms with van der Waals surface area (Å²) in [6, 6.07) is 7.85. The van der Waals surface area contributed by atoms with Crippen molar-refractivity contribution in [3.05, 3.63) is 41.2 Å². The van der Waals surface area contributed by atoms with Gasteiger partial charge in [0.2, 0.25) is 0 Å². The number of hydrogen-bond acceptors (Lipinski definition) is 5. The van der Waals surface area contributed by atoms with E-state index in [1.54, 1.807) is 0 Å². The van der Waals surface area contributed by atoms with E-state index in [9.17, 15) is 0 Å². The summed E-state index contributed by atoms with van der Waals surface area (Å²) in [7, 11) is 0. The van der Waals surface area contributed by atoms with Gasteiger partial charge in [0.15, 0.2) is 0 Å². The second kappa shape index (κ2) is 6.24. The molecule has 2 aromatic rings. The Kier molecular flexibility index (Phi) is 4.41. The van der Waals surface area contributed by atoms with Gasteiger partial charge in [0.1, 0.15) is 5.75 Å². The van der Waals surface area contributed by atoms with Crippen LogP contribution in [0.3, 0.4) is 0 Å². The molecular formula is C14H18N4O. The molecule has 0 atom stereocenters. The normalized spacial score (nSPS) is 10.5. The fourth-order valence-corrected chi connectivity index (χ4v) is 1.81. The van der Waals surface area contributed by atoms with Crippen molar-refractivity contribution in [2.75, 3.05) is 0 Å². The molecule has 19 heavy (non-hydrogen) atoms. The standard InChI is InChI=1S/C14H18N4O/c1-3-12-13(4-2)17-18-14(16-12)19-11-7-5-6-10(8-11)9-15/h5-8H,3-4,9,15H2,1-2H3. The van der Waals surface area contributed by atoms with Crippen molar-refractivity contribution in [1.29, 1.82) is 0 Å². The van der Waals surface area contributed by atoms with E-state index in [0.717, 1.165) is 29.8 Å². The van der Waals surface area contributed by atoms with E-state index in [1.807, 2.05) is 38.1 Å². The van der Waals surface area contributed by atoms with E-state index in [2.05, 4.69) is 15.2 Å². The number of aromatic nitrogens is 3. The summed E-state index contributed by atoms with van der Waals surface area (Å²) in [5.41, 5.74) is 8.46. The van der Waals surface area contributed by atoms with Gasteiger partial charge in [0.05, 0.1) is 11.4 Å². The molecule has 2 rings (SSSR count). The maximum Gasteiger partial charge on any atom is 0.341 e. The van der Waals surface area contributed by atoms with Crippen LogP contribution in [0.15, 0.2) is 24.3 Å². The highest BCUT2D eigenvalue weighted by Crippen LogP contribution is 2.19. The van der Waals surface area contributed by atoms with Gasteiger partial charge in [-0.15, -0.1) is 5.10 Å². The molecule has 0 fully saturated rings. The third-order valence-corrected chi connectivity index (χ3v) is 2.83. The van der Waals surface area contributed by atoms with Crippen molar-refractivity contribution in [3.63, 3.8) is 0 Å². The monoisotopic (exact) mass is 258 g/mol. The first-order chi connectivity index (χ1) is 9.26. The lowest BCUT2D eigenvalue weighted by atomic mass is 10.2. The van der Waals surface area contributed by atoms with Gasteiger partial charge >= 0.3 is 6.01 Å². The first-order valence-corrected chi connectivity index (χ1v) is 6.46. The van der Waals surface area contributed by atoms with Crippen LogP contribution in [0.2, 0.25) is 0 Å². The zero-order valence-corrected chi connectivity index (χ0v) is 11.3.